The third-order valence-corrected chi connectivity index (χ3v) is 1.80. The van der Waals surface area contributed by atoms with E-state index in [4.69, 9.17) is 9.47 Å². The van der Waals surface area contributed by atoms with Gasteiger partial charge >= 0.3 is 6.16 Å². The second kappa shape index (κ2) is 4.99. The molecule has 17 heavy (non-hydrogen) atoms. The highest BCUT2D eigenvalue weighted by molar-refractivity contribution is 5.65. The minimum absolute atomic E-state index is 0.170. The second-order valence-electron chi connectivity index (χ2n) is 4.43. The molecule has 0 saturated heterocycles. The van der Waals surface area contributed by atoms with Gasteiger partial charge in [-0.2, -0.15) is 0 Å². The number of rotatable bonds is 2. The quantitative estimate of drug-likeness (QED) is 0.581. The van der Waals surface area contributed by atoms with Crippen molar-refractivity contribution in [2.75, 3.05) is 0 Å². The predicted molar refractivity (Wildman–Crippen MR) is 63.4 cm³/mol. The van der Waals surface area contributed by atoms with Crippen LogP contribution >= 0.6 is 0 Å². The lowest BCUT2D eigenvalue weighted by atomic mass is 10.2. The summed E-state index contributed by atoms with van der Waals surface area (Å²) in [7, 11) is 0. The van der Waals surface area contributed by atoms with Gasteiger partial charge in [-0.3, -0.25) is 0 Å². The van der Waals surface area contributed by atoms with Crippen LogP contribution in [0, 0.1) is 5.82 Å². The first kappa shape index (κ1) is 13.2. The topological polar surface area (TPSA) is 35.5 Å². The van der Waals surface area contributed by atoms with Gasteiger partial charge in [-0.25, -0.2) is 9.18 Å². The summed E-state index contributed by atoms with van der Waals surface area (Å²) in [6, 6.07) is 4.45. The smallest absolute Gasteiger partial charge is 0.428 e. The minimum Gasteiger partial charge on any atom is -0.428 e. The Bertz CT molecular complexity index is 433. The van der Waals surface area contributed by atoms with Crippen LogP contribution in [0.4, 0.5) is 9.18 Å². The molecule has 0 atom stereocenters. The van der Waals surface area contributed by atoms with Gasteiger partial charge in [0.15, 0.2) is 11.6 Å². The van der Waals surface area contributed by atoms with Gasteiger partial charge in [-0.05, 0) is 26.8 Å². The highest BCUT2D eigenvalue weighted by Gasteiger charge is 2.19. The lowest BCUT2D eigenvalue weighted by molar-refractivity contribution is 0.0198. The average molecular weight is 238 g/mol. The van der Waals surface area contributed by atoms with Gasteiger partial charge in [0.25, 0.3) is 0 Å². The van der Waals surface area contributed by atoms with Crippen molar-refractivity contribution in [2.45, 2.75) is 26.4 Å². The largest absolute Gasteiger partial charge is 0.514 e. The van der Waals surface area contributed by atoms with Gasteiger partial charge in [0.2, 0.25) is 0 Å². The van der Waals surface area contributed by atoms with Crippen molar-refractivity contribution in [3.05, 3.63) is 36.2 Å². The average Bonchev–Trinajstić information content (AvgIpc) is 2.18. The maximum Gasteiger partial charge on any atom is 0.514 e. The third kappa shape index (κ3) is 3.90. The van der Waals surface area contributed by atoms with E-state index in [1.165, 1.54) is 18.2 Å². The molecule has 92 valence electrons. The summed E-state index contributed by atoms with van der Waals surface area (Å²) < 4.78 is 23.4. The number of halogens is 1. The van der Waals surface area contributed by atoms with E-state index in [1.54, 1.807) is 26.8 Å². The molecule has 0 amide bonds. The Hall–Kier alpha value is -1.84. The molecule has 1 rings (SSSR count). The zero-order valence-electron chi connectivity index (χ0n) is 10.1. The Labute approximate surface area is 99.9 Å². The lowest BCUT2D eigenvalue weighted by Gasteiger charge is -2.18. The zero-order chi connectivity index (χ0) is 13.1. The Balaban J connectivity index is 2.82. The molecule has 0 N–H and O–H groups in total. The highest BCUT2D eigenvalue weighted by atomic mass is 19.1. The van der Waals surface area contributed by atoms with Crippen molar-refractivity contribution in [1.82, 2.24) is 0 Å². The van der Waals surface area contributed by atoms with Gasteiger partial charge in [0.05, 0.1) is 0 Å². The van der Waals surface area contributed by atoms with Crippen LogP contribution in [0.3, 0.4) is 0 Å². The molecular weight excluding hydrogens is 223 g/mol. The number of hydrogen-bond donors (Lipinski definition) is 0. The van der Waals surface area contributed by atoms with Crippen LogP contribution in [-0.2, 0) is 4.74 Å². The first-order valence-corrected chi connectivity index (χ1v) is 5.15. The van der Waals surface area contributed by atoms with Gasteiger partial charge in [0, 0.05) is 5.56 Å². The van der Waals surface area contributed by atoms with Crippen molar-refractivity contribution in [3.8, 4) is 5.75 Å². The fourth-order valence-corrected chi connectivity index (χ4v) is 1.12. The molecule has 4 heteroatoms. The van der Waals surface area contributed by atoms with Crippen molar-refractivity contribution in [1.29, 1.82) is 0 Å². The fraction of sp³-hybridized carbons (Fsp3) is 0.308. The lowest BCUT2D eigenvalue weighted by Crippen LogP contribution is -2.26. The van der Waals surface area contributed by atoms with E-state index in [0.29, 0.717) is 0 Å². The molecule has 0 heterocycles. The van der Waals surface area contributed by atoms with Crippen LogP contribution in [0.2, 0.25) is 0 Å². The van der Waals surface area contributed by atoms with Crippen molar-refractivity contribution < 1.29 is 18.7 Å². The van der Waals surface area contributed by atoms with Gasteiger partial charge in [-0.15, -0.1) is 0 Å². The molecule has 0 spiro atoms. The molecule has 0 unspecified atom stereocenters. The highest BCUT2D eigenvalue weighted by Crippen LogP contribution is 2.22. The summed E-state index contributed by atoms with van der Waals surface area (Å²) in [5.41, 5.74) is -0.407. The second-order valence-corrected chi connectivity index (χ2v) is 4.43. The summed E-state index contributed by atoms with van der Waals surface area (Å²) in [6.45, 7) is 8.56. The number of hydrogen-bond acceptors (Lipinski definition) is 3. The Morgan fingerprint density at radius 2 is 2.06 bits per heavy atom. The van der Waals surface area contributed by atoms with E-state index in [9.17, 15) is 9.18 Å². The van der Waals surface area contributed by atoms with Crippen LogP contribution in [0.1, 0.15) is 26.3 Å². The fourth-order valence-electron chi connectivity index (χ4n) is 1.12. The molecule has 3 nitrogen and oxygen atoms in total. The van der Waals surface area contributed by atoms with Crippen LogP contribution in [0.25, 0.3) is 6.08 Å². The first-order valence-electron chi connectivity index (χ1n) is 5.15. The van der Waals surface area contributed by atoms with Gasteiger partial charge < -0.3 is 9.47 Å². The SMILES string of the molecule is C=Cc1cccc(OC(=O)OC(C)(C)C)c1F. The molecule has 0 fully saturated rings. The molecule has 0 aliphatic heterocycles. The standard InChI is InChI=1S/C13H15FO3/c1-5-9-7-6-8-10(11(9)14)16-12(15)17-13(2,3)4/h5-8H,1H2,2-4H3. The Kier molecular flexibility index (Phi) is 3.89. The summed E-state index contributed by atoms with van der Waals surface area (Å²) in [5, 5.41) is 0. The van der Waals surface area contributed by atoms with E-state index < -0.39 is 17.6 Å². The predicted octanol–water partition coefficient (Wildman–Crippen LogP) is 3.78. The van der Waals surface area contributed by atoms with E-state index in [-0.39, 0.29) is 11.3 Å². The van der Waals surface area contributed by atoms with E-state index in [0.717, 1.165) is 0 Å². The summed E-state index contributed by atoms with van der Waals surface area (Å²) in [4.78, 5) is 11.3. The number of benzene rings is 1. The minimum atomic E-state index is -0.933. The summed E-state index contributed by atoms with van der Waals surface area (Å²) >= 11 is 0. The van der Waals surface area contributed by atoms with Crippen LogP contribution in [0.15, 0.2) is 24.8 Å². The summed E-state index contributed by atoms with van der Waals surface area (Å²) in [6.07, 6.45) is 0.412. The normalized spacial score (nSPS) is 10.8. The molecular formula is C13H15FO3. The van der Waals surface area contributed by atoms with Crippen LogP contribution < -0.4 is 4.74 Å². The van der Waals surface area contributed by atoms with Crippen molar-refractivity contribution >= 4 is 12.2 Å². The first-order chi connectivity index (χ1) is 7.83. The van der Waals surface area contributed by atoms with Crippen LogP contribution in [-0.4, -0.2) is 11.8 Å². The van der Waals surface area contributed by atoms with E-state index in [2.05, 4.69) is 6.58 Å². The Morgan fingerprint density at radius 1 is 1.41 bits per heavy atom. The molecule has 0 aliphatic carbocycles. The summed E-state index contributed by atoms with van der Waals surface area (Å²) in [5.74, 6) is -0.801. The maximum absolute atomic E-state index is 13.7. The van der Waals surface area contributed by atoms with Gasteiger partial charge in [-0.1, -0.05) is 24.8 Å². The van der Waals surface area contributed by atoms with Crippen molar-refractivity contribution in [3.63, 3.8) is 0 Å². The Morgan fingerprint density at radius 3 is 2.59 bits per heavy atom. The van der Waals surface area contributed by atoms with E-state index in [1.807, 2.05) is 0 Å². The number of carbonyl (C=O) groups is 1. The molecule has 1 aromatic rings. The molecule has 1 aromatic carbocycles. The van der Waals surface area contributed by atoms with Gasteiger partial charge in [0.1, 0.15) is 5.60 Å². The third-order valence-electron chi connectivity index (χ3n) is 1.80. The molecule has 0 bridgehead atoms. The van der Waals surface area contributed by atoms with E-state index >= 15 is 0 Å². The molecule has 0 aromatic heterocycles. The van der Waals surface area contributed by atoms with Crippen LogP contribution in [0.5, 0.6) is 5.75 Å². The van der Waals surface area contributed by atoms with Crippen molar-refractivity contribution in [2.24, 2.45) is 0 Å². The molecule has 0 aliphatic rings. The number of ether oxygens (including phenoxy) is 2. The monoisotopic (exact) mass is 238 g/mol. The molecule has 0 saturated carbocycles. The molecule has 0 radical (unpaired) electrons. The maximum atomic E-state index is 13.7. The number of carbonyl (C=O) groups excluding carboxylic acids is 1. The zero-order valence-corrected chi connectivity index (χ0v) is 10.1.